The summed E-state index contributed by atoms with van der Waals surface area (Å²) in [7, 11) is 1.37. The van der Waals surface area contributed by atoms with Crippen molar-refractivity contribution in [3.8, 4) is 17.0 Å². The molecule has 3 heterocycles. The molecule has 5 rings (SSSR count). The van der Waals surface area contributed by atoms with Gasteiger partial charge in [0.15, 0.2) is 11.6 Å². The molecule has 0 radical (unpaired) electrons. The fourth-order valence-electron chi connectivity index (χ4n) is 6.16. The van der Waals surface area contributed by atoms with Crippen LogP contribution in [-0.4, -0.2) is 94.4 Å². The maximum atomic E-state index is 15.5. The van der Waals surface area contributed by atoms with Gasteiger partial charge in [0.1, 0.15) is 30.0 Å². The second-order valence-electron chi connectivity index (χ2n) is 13.6. The molecule has 292 valence electrons. The van der Waals surface area contributed by atoms with E-state index in [4.69, 9.17) is 9.47 Å². The Morgan fingerprint density at radius 3 is 2.30 bits per heavy atom. The van der Waals surface area contributed by atoms with Crippen molar-refractivity contribution in [3.05, 3.63) is 82.5 Å². The van der Waals surface area contributed by atoms with Gasteiger partial charge in [-0.05, 0) is 35.7 Å². The van der Waals surface area contributed by atoms with Crippen LogP contribution in [-0.2, 0) is 33.2 Å². The summed E-state index contributed by atoms with van der Waals surface area (Å²) in [4.78, 5) is 36.6. The van der Waals surface area contributed by atoms with Gasteiger partial charge >= 0.3 is 12.4 Å². The van der Waals surface area contributed by atoms with Gasteiger partial charge in [-0.1, -0.05) is 26.8 Å². The normalized spacial score (nSPS) is 18.0. The van der Waals surface area contributed by atoms with E-state index in [0.29, 0.717) is 57.4 Å². The quantitative estimate of drug-likeness (QED) is 0.193. The molecule has 0 bridgehead atoms. The number of morpholine rings is 1. The molecule has 1 aromatic heterocycles. The first-order valence-corrected chi connectivity index (χ1v) is 16.5. The summed E-state index contributed by atoms with van der Waals surface area (Å²) in [6.07, 6.45) is -9.47. The highest BCUT2D eigenvalue weighted by atomic mass is 19.4. The molecule has 1 fully saturated rings. The van der Waals surface area contributed by atoms with Gasteiger partial charge < -0.3 is 19.9 Å². The van der Waals surface area contributed by atoms with E-state index in [1.165, 1.54) is 24.2 Å². The minimum absolute atomic E-state index is 0.0558. The molecule has 1 atom stereocenters. The minimum Gasteiger partial charge on any atom is -0.509 e. The van der Waals surface area contributed by atoms with Crippen LogP contribution in [0.25, 0.3) is 11.3 Å². The molecule has 2 amide bonds. The lowest BCUT2D eigenvalue weighted by atomic mass is 9.82. The third kappa shape index (κ3) is 8.73. The summed E-state index contributed by atoms with van der Waals surface area (Å²) in [5.74, 6) is -6.34. The molecule has 2 aliphatic rings. The van der Waals surface area contributed by atoms with Crippen molar-refractivity contribution in [2.75, 3.05) is 51.8 Å². The van der Waals surface area contributed by atoms with E-state index in [1.807, 2.05) is 4.90 Å². The molecule has 2 N–H and O–H groups in total. The van der Waals surface area contributed by atoms with Gasteiger partial charge in [-0.2, -0.15) is 30.7 Å². The molecule has 2 aliphatic heterocycles. The topological polar surface area (TPSA) is 120 Å². The maximum absolute atomic E-state index is 15.5. The maximum Gasteiger partial charge on any atom is 0.433 e. The minimum atomic E-state index is -5.00. The van der Waals surface area contributed by atoms with Gasteiger partial charge in [0, 0.05) is 37.8 Å². The van der Waals surface area contributed by atoms with Crippen LogP contribution >= 0.6 is 0 Å². The standard InChI is InChI=1S/C35H36F8N6O5/c1-33(2,3)30-29(50)26(31(51)46-22-7-6-20(34(38,39)40)15-21(22)23-16-25(35(41,42)43)45-18-44-23)32(52)49(47(30)4)17-19-5-8-24(28(37)27(19)36)54-14-11-48-9-12-53-13-10-48/h5-8,15-16,18,30,50H,9-14,17H2,1-4H3,(H,46,51). The second-order valence-corrected chi connectivity index (χ2v) is 13.6. The van der Waals surface area contributed by atoms with E-state index in [1.54, 1.807) is 20.8 Å². The number of alkyl halides is 6. The number of aromatic nitrogens is 2. The average Bonchev–Trinajstić information content (AvgIpc) is 3.08. The molecule has 19 heteroatoms. The molecule has 3 aromatic rings. The third-order valence-corrected chi connectivity index (χ3v) is 8.81. The fraction of sp³-hybridized carbons (Fsp3) is 0.429. The van der Waals surface area contributed by atoms with Crippen LogP contribution in [0.1, 0.15) is 37.6 Å². The molecule has 2 aromatic carbocycles. The molecule has 1 unspecified atom stereocenters. The van der Waals surface area contributed by atoms with Crippen molar-refractivity contribution < 1.29 is 59.3 Å². The Morgan fingerprint density at radius 1 is 0.981 bits per heavy atom. The molecular weight excluding hydrogens is 736 g/mol. The largest absolute Gasteiger partial charge is 0.509 e. The summed E-state index contributed by atoms with van der Waals surface area (Å²) < 4.78 is 123. The Labute approximate surface area is 304 Å². The number of nitrogens with zero attached hydrogens (tertiary/aromatic N) is 5. The molecule has 54 heavy (non-hydrogen) atoms. The molecule has 0 saturated carbocycles. The average molecular weight is 773 g/mol. The lowest BCUT2D eigenvalue weighted by Gasteiger charge is -2.46. The first-order chi connectivity index (χ1) is 25.2. The summed E-state index contributed by atoms with van der Waals surface area (Å²) in [6, 6.07) is 3.38. The number of hydrogen-bond donors (Lipinski definition) is 2. The number of anilines is 1. The molecule has 1 saturated heterocycles. The van der Waals surface area contributed by atoms with Crippen LogP contribution in [0.15, 0.2) is 54.1 Å². The number of benzene rings is 2. The van der Waals surface area contributed by atoms with Crippen molar-refractivity contribution in [3.63, 3.8) is 0 Å². The Morgan fingerprint density at radius 2 is 1.67 bits per heavy atom. The van der Waals surface area contributed by atoms with Gasteiger partial charge in [-0.3, -0.25) is 19.5 Å². The monoisotopic (exact) mass is 772 g/mol. The number of carbonyl (C=O) groups excluding carboxylic acids is 2. The van der Waals surface area contributed by atoms with Gasteiger partial charge in [0.05, 0.1) is 42.7 Å². The van der Waals surface area contributed by atoms with E-state index >= 15 is 8.78 Å². The first kappa shape index (κ1) is 40.3. The molecule has 0 spiro atoms. The van der Waals surface area contributed by atoms with Crippen molar-refractivity contribution in [2.45, 2.75) is 45.7 Å². The SMILES string of the molecule is CN1C(C(C)(C)C)C(O)=C(C(=O)Nc2ccc(C(F)(F)F)cc2-c2cc(C(F)(F)F)ncn2)C(=O)N1Cc1ccc(OCCN2CCOCC2)c(F)c1F. The molecular formula is C35H36F8N6O5. The number of aliphatic hydroxyl groups is 1. The number of halogens is 8. The van der Waals surface area contributed by atoms with Crippen molar-refractivity contribution in [1.29, 1.82) is 0 Å². The first-order valence-electron chi connectivity index (χ1n) is 16.5. The number of carbonyl (C=O) groups is 2. The molecule has 0 aliphatic carbocycles. The van der Waals surface area contributed by atoms with Crippen LogP contribution < -0.4 is 10.1 Å². The lowest BCUT2D eigenvalue weighted by molar-refractivity contribution is -0.158. The van der Waals surface area contributed by atoms with Crippen LogP contribution in [0, 0.1) is 17.0 Å². The van der Waals surface area contributed by atoms with Crippen molar-refractivity contribution in [2.24, 2.45) is 5.41 Å². The summed E-state index contributed by atoms with van der Waals surface area (Å²) in [5.41, 5.74) is -6.68. The van der Waals surface area contributed by atoms with Crippen molar-refractivity contribution >= 4 is 17.5 Å². The van der Waals surface area contributed by atoms with E-state index in [9.17, 15) is 41.0 Å². The van der Waals surface area contributed by atoms with Crippen molar-refractivity contribution in [1.82, 2.24) is 24.9 Å². The number of nitrogens with one attached hydrogen (secondary N) is 1. The van der Waals surface area contributed by atoms with Gasteiger partial charge in [0.2, 0.25) is 5.82 Å². The van der Waals surface area contributed by atoms with Crippen LogP contribution in [0.4, 0.5) is 40.8 Å². The second kappa shape index (κ2) is 15.5. The van der Waals surface area contributed by atoms with E-state index in [-0.39, 0.29) is 17.9 Å². The predicted molar refractivity (Wildman–Crippen MR) is 176 cm³/mol. The summed E-state index contributed by atoms with van der Waals surface area (Å²) in [5, 5.41) is 15.7. The van der Waals surface area contributed by atoms with Gasteiger partial charge in [0.25, 0.3) is 11.8 Å². The third-order valence-electron chi connectivity index (χ3n) is 8.81. The number of rotatable bonds is 9. The number of hydrogen-bond acceptors (Lipinski definition) is 9. The van der Waals surface area contributed by atoms with Gasteiger partial charge in [-0.25, -0.2) is 19.4 Å². The highest BCUT2D eigenvalue weighted by Gasteiger charge is 2.46. The van der Waals surface area contributed by atoms with Gasteiger partial charge in [-0.15, -0.1) is 0 Å². The number of aliphatic hydroxyl groups excluding tert-OH is 1. The van der Waals surface area contributed by atoms with E-state index in [2.05, 4.69) is 15.3 Å². The number of amides is 2. The van der Waals surface area contributed by atoms with Crippen LogP contribution in [0.5, 0.6) is 5.75 Å². The zero-order valence-electron chi connectivity index (χ0n) is 29.4. The Balaban J connectivity index is 1.46. The Bertz CT molecular complexity index is 1930. The van der Waals surface area contributed by atoms with Crippen LogP contribution in [0.3, 0.4) is 0 Å². The zero-order chi connectivity index (χ0) is 39.7. The van der Waals surface area contributed by atoms with E-state index in [0.717, 1.165) is 11.1 Å². The van der Waals surface area contributed by atoms with E-state index < -0.39 is 93.3 Å². The Hall–Kier alpha value is -4.88. The lowest BCUT2D eigenvalue weighted by Crippen LogP contribution is -2.59. The number of likely N-dealkylation sites (N-methyl/N-ethyl adjacent to an activating group) is 1. The Kier molecular flexibility index (Phi) is 11.5. The number of hydrazine groups is 1. The summed E-state index contributed by atoms with van der Waals surface area (Å²) in [6.45, 7) is 7.21. The highest BCUT2D eigenvalue weighted by Crippen LogP contribution is 2.39. The predicted octanol–water partition coefficient (Wildman–Crippen LogP) is 6.22. The number of ether oxygens (including phenoxy) is 2. The summed E-state index contributed by atoms with van der Waals surface area (Å²) >= 11 is 0. The highest BCUT2D eigenvalue weighted by molar-refractivity contribution is 6.24. The zero-order valence-corrected chi connectivity index (χ0v) is 29.4. The molecule has 11 nitrogen and oxygen atoms in total. The van der Waals surface area contributed by atoms with Crippen LogP contribution in [0.2, 0.25) is 0 Å². The smallest absolute Gasteiger partial charge is 0.433 e. The fourth-order valence-corrected chi connectivity index (χ4v) is 6.16.